The summed E-state index contributed by atoms with van der Waals surface area (Å²) in [5, 5.41) is 0.877. The van der Waals surface area contributed by atoms with E-state index in [1.807, 2.05) is 23.5 Å². The van der Waals surface area contributed by atoms with E-state index >= 15 is 0 Å². The van der Waals surface area contributed by atoms with Gasteiger partial charge in [0.05, 0.1) is 0 Å². The molecule has 1 aromatic rings. The molecular weight excluding hydrogens is 172 g/mol. The number of hydrogen-bond acceptors (Lipinski definition) is 2. The van der Waals surface area contributed by atoms with E-state index in [2.05, 4.69) is 30.3 Å². The summed E-state index contributed by atoms with van der Waals surface area (Å²) in [6.07, 6.45) is 0. The molecule has 0 aromatic heterocycles. The van der Waals surface area contributed by atoms with Gasteiger partial charge in [-0.3, -0.25) is 0 Å². The Kier molecular flexibility index (Phi) is 2.44. The van der Waals surface area contributed by atoms with Crippen molar-refractivity contribution in [3.63, 3.8) is 0 Å². The smallest absolute Gasteiger partial charge is 0.0276 e. The Labute approximate surface area is 75.8 Å². The average Bonchev–Trinajstić information content (AvgIpc) is 1.99. The molecule has 0 aliphatic carbocycles. The zero-order valence-corrected chi connectivity index (χ0v) is 7.83. The van der Waals surface area contributed by atoms with Crippen molar-refractivity contribution in [3.05, 3.63) is 30.3 Å². The van der Waals surface area contributed by atoms with Crippen LogP contribution >= 0.6 is 23.5 Å². The van der Waals surface area contributed by atoms with Crippen LogP contribution in [-0.4, -0.2) is 16.8 Å². The molecule has 0 amide bonds. The minimum atomic E-state index is 0.877. The quantitative estimate of drug-likeness (QED) is 0.690. The number of hydrogen-bond donors (Lipinski definition) is 0. The van der Waals surface area contributed by atoms with Crippen molar-refractivity contribution in [3.8, 4) is 0 Å². The summed E-state index contributed by atoms with van der Waals surface area (Å²) >= 11 is 4.05. The van der Waals surface area contributed by atoms with Crippen LogP contribution in [0.1, 0.15) is 0 Å². The summed E-state index contributed by atoms with van der Waals surface area (Å²) in [5.41, 5.74) is 0. The summed E-state index contributed by atoms with van der Waals surface area (Å²) in [5.74, 6) is 2.67. The van der Waals surface area contributed by atoms with E-state index in [1.54, 1.807) is 0 Å². The van der Waals surface area contributed by atoms with Gasteiger partial charge in [0.25, 0.3) is 0 Å². The Bertz CT molecular complexity index is 216. The summed E-state index contributed by atoms with van der Waals surface area (Å²) in [4.78, 5) is 1.41. The van der Waals surface area contributed by atoms with Gasteiger partial charge in [-0.15, -0.1) is 11.8 Å². The Morgan fingerprint density at radius 2 is 1.91 bits per heavy atom. The maximum Gasteiger partial charge on any atom is 0.0276 e. The molecule has 0 unspecified atom stereocenters. The average molecular weight is 182 g/mol. The monoisotopic (exact) mass is 182 g/mol. The van der Waals surface area contributed by atoms with Crippen molar-refractivity contribution in [1.82, 2.24) is 0 Å². The zero-order valence-electron chi connectivity index (χ0n) is 6.19. The number of thioether (sulfide) groups is 2. The lowest BCUT2D eigenvalue weighted by Crippen LogP contribution is -2.20. The second kappa shape index (κ2) is 3.55. The van der Waals surface area contributed by atoms with Crippen molar-refractivity contribution in [2.45, 2.75) is 10.1 Å². The largest absolute Gasteiger partial charge is 0.160 e. The van der Waals surface area contributed by atoms with Gasteiger partial charge >= 0.3 is 0 Å². The molecule has 1 aliphatic rings. The first-order valence-electron chi connectivity index (χ1n) is 3.74. The first-order chi connectivity index (χ1) is 5.45. The minimum Gasteiger partial charge on any atom is -0.160 e. The molecule has 11 heavy (non-hydrogen) atoms. The van der Waals surface area contributed by atoms with Gasteiger partial charge in [0.1, 0.15) is 0 Å². The minimum absolute atomic E-state index is 0.877. The molecule has 1 saturated heterocycles. The van der Waals surface area contributed by atoms with Gasteiger partial charge < -0.3 is 0 Å². The Hall–Kier alpha value is -0.0800. The van der Waals surface area contributed by atoms with Gasteiger partial charge in [0.15, 0.2) is 0 Å². The molecule has 2 heteroatoms. The van der Waals surface area contributed by atoms with Crippen LogP contribution in [0.15, 0.2) is 35.2 Å². The molecule has 1 aromatic carbocycles. The van der Waals surface area contributed by atoms with E-state index in [0.29, 0.717) is 0 Å². The maximum absolute atomic E-state index is 2.19. The van der Waals surface area contributed by atoms with Gasteiger partial charge in [0, 0.05) is 21.7 Å². The Balaban J connectivity index is 1.95. The summed E-state index contributed by atoms with van der Waals surface area (Å²) in [7, 11) is 0. The highest BCUT2D eigenvalue weighted by molar-refractivity contribution is 8.07. The van der Waals surface area contributed by atoms with Crippen LogP contribution in [0.25, 0.3) is 0 Å². The molecule has 1 heterocycles. The fourth-order valence-electron chi connectivity index (χ4n) is 0.974. The summed E-state index contributed by atoms with van der Waals surface area (Å²) in [6.45, 7) is 0. The molecule has 0 atom stereocenters. The third-order valence-corrected chi connectivity index (χ3v) is 4.56. The molecule has 1 aliphatic heterocycles. The van der Waals surface area contributed by atoms with E-state index < -0.39 is 0 Å². The zero-order chi connectivity index (χ0) is 7.52. The Morgan fingerprint density at radius 3 is 2.45 bits per heavy atom. The molecule has 0 N–H and O–H groups in total. The lowest BCUT2D eigenvalue weighted by atomic mass is 10.4. The van der Waals surface area contributed by atoms with Crippen LogP contribution in [-0.2, 0) is 0 Å². The van der Waals surface area contributed by atoms with Crippen LogP contribution in [0.5, 0.6) is 0 Å². The first kappa shape index (κ1) is 7.56. The fourth-order valence-corrected chi connectivity index (χ4v) is 3.22. The molecule has 58 valence electrons. The first-order valence-corrected chi connectivity index (χ1v) is 5.78. The highest BCUT2D eigenvalue weighted by atomic mass is 32.2. The van der Waals surface area contributed by atoms with Crippen LogP contribution in [0.4, 0.5) is 0 Å². The maximum atomic E-state index is 2.19. The lowest BCUT2D eigenvalue weighted by molar-refractivity contribution is 1.08. The third kappa shape index (κ3) is 1.94. The molecular formula is C9H10S2. The van der Waals surface area contributed by atoms with Crippen LogP contribution in [0, 0.1) is 0 Å². The van der Waals surface area contributed by atoms with Crippen LogP contribution in [0.3, 0.4) is 0 Å². The standard InChI is InChI=1S/C9H10S2/c1-2-4-8(5-3-1)11-9-6-10-7-9/h1-5,9H,6-7H2. The highest BCUT2D eigenvalue weighted by Gasteiger charge is 2.18. The third-order valence-electron chi connectivity index (χ3n) is 1.65. The van der Waals surface area contributed by atoms with Crippen LogP contribution < -0.4 is 0 Å². The van der Waals surface area contributed by atoms with Gasteiger partial charge in [-0.2, -0.15) is 11.8 Å². The second-order valence-corrected chi connectivity index (χ2v) is 5.04. The second-order valence-electron chi connectivity index (χ2n) is 2.59. The van der Waals surface area contributed by atoms with Gasteiger partial charge in [-0.1, -0.05) is 18.2 Å². The SMILES string of the molecule is c1ccc(SC2CSC2)cc1. The molecule has 1 fully saturated rings. The predicted octanol–water partition coefficient (Wildman–Crippen LogP) is 2.89. The van der Waals surface area contributed by atoms with E-state index in [4.69, 9.17) is 0 Å². The topological polar surface area (TPSA) is 0 Å². The molecule has 0 bridgehead atoms. The molecule has 0 radical (unpaired) electrons. The van der Waals surface area contributed by atoms with Crippen LogP contribution in [0.2, 0.25) is 0 Å². The highest BCUT2D eigenvalue weighted by Crippen LogP contribution is 2.34. The van der Waals surface area contributed by atoms with Crippen molar-refractivity contribution in [2.24, 2.45) is 0 Å². The number of benzene rings is 1. The van der Waals surface area contributed by atoms with Gasteiger partial charge in [-0.25, -0.2) is 0 Å². The van der Waals surface area contributed by atoms with Crippen molar-refractivity contribution < 1.29 is 0 Å². The number of rotatable bonds is 2. The fraction of sp³-hybridized carbons (Fsp3) is 0.333. The normalized spacial score (nSPS) is 17.8. The molecule has 2 rings (SSSR count). The van der Waals surface area contributed by atoms with Crippen molar-refractivity contribution in [1.29, 1.82) is 0 Å². The van der Waals surface area contributed by atoms with Crippen molar-refractivity contribution >= 4 is 23.5 Å². The summed E-state index contributed by atoms with van der Waals surface area (Å²) in [6, 6.07) is 10.7. The van der Waals surface area contributed by atoms with Gasteiger partial charge in [-0.05, 0) is 12.1 Å². The van der Waals surface area contributed by atoms with E-state index in [-0.39, 0.29) is 0 Å². The molecule has 0 saturated carbocycles. The Morgan fingerprint density at radius 1 is 1.18 bits per heavy atom. The summed E-state index contributed by atoms with van der Waals surface area (Å²) < 4.78 is 0. The molecule has 0 spiro atoms. The molecule has 0 nitrogen and oxygen atoms in total. The predicted molar refractivity (Wildman–Crippen MR) is 53.4 cm³/mol. The van der Waals surface area contributed by atoms with E-state index in [0.717, 1.165) is 5.25 Å². The van der Waals surface area contributed by atoms with E-state index in [9.17, 15) is 0 Å². The van der Waals surface area contributed by atoms with Crippen molar-refractivity contribution in [2.75, 3.05) is 11.5 Å². The van der Waals surface area contributed by atoms with E-state index in [1.165, 1.54) is 16.4 Å². The van der Waals surface area contributed by atoms with Gasteiger partial charge in [0.2, 0.25) is 0 Å². The lowest BCUT2D eigenvalue weighted by Gasteiger charge is -2.23.